The first-order valence-corrected chi connectivity index (χ1v) is 10.1. The van der Waals surface area contributed by atoms with Crippen LogP contribution in [0, 0.1) is 0 Å². The highest BCUT2D eigenvalue weighted by atomic mass is 16.5. The van der Waals surface area contributed by atoms with Gasteiger partial charge in [-0.25, -0.2) is 0 Å². The van der Waals surface area contributed by atoms with E-state index in [1.165, 1.54) is 5.39 Å². The Morgan fingerprint density at radius 3 is 2.24 bits per heavy atom. The molecule has 0 radical (unpaired) electrons. The van der Waals surface area contributed by atoms with Crippen LogP contribution in [0.25, 0.3) is 32.7 Å². The average molecular weight is 386 g/mol. The third kappa shape index (κ3) is 3.73. The second kappa shape index (κ2) is 8.44. The maximum Gasteiger partial charge on any atom is 0.127 e. The normalized spacial score (nSPS) is 11.0. The van der Waals surface area contributed by atoms with E-state index in [4.69, 9.17) is 14.2 Å². The number of methoxy groups -OCH3 is 2. The number of hydrogen-bond donors (Lipinski definition) is 0. The van der Waals surface area contributed by atoms with Crippen molar-refractivity contribution in [3.8, 4) is 28.4 Å². The number of unbranched alkanes of at least 4 members (excludes halogenated alkanes) is 1. The van der Waals surface area contributed by atoms with Crippen molar-refractivity contribution < 1.29 is 14.2 Å². The summed E-state index contributed by atoms with van der Waals surface area (Å²) >= 11 is 0. The van der Waals surface area contributed by atoms with Crippen LogP contribution in [0.5, 0.6) is 17.2 Å². The molecule has 0 saturated heterocycles. The van der Waals surface area contributed by atoms with Gasteiger partial charge in [-0.1, -0.05) is 49.7 Å². The Kier molecular flexibility index (Phi) is 5.57. The molecule has 0 saturated carbocycles. The third-order valence-corrected chi connectivity index (χ3v) is 5.27. The van der Waals surface area contributed by atoms with Crippen molar-refractivity contribution in [3.63, 3.8) is 0 Å². The molecule has 0 amide bonds. The summed E-state index contributed by atoms with van der Waals surface area (Å²) in [7, 11) is 3.42. The van der Waals surface area contributed by atoms with Gasteiger partial charge in [0.2, 0.25) is 0 Å². The van der Waals surface area contributed by atoms with Crippen molar-refractivity contribution in [1.29, 1.82) is 0 Å². The first-order valence-electron chi connectivity index (χ1n) is 10.1. The second-order valence-corrected chi connectivity index (χ2v) is 7.13. The summed E-state index contributed by atoms with van der Waals surface area (Å²) in [4.78, 5) is 0. The van der Waals surface area contributed by atoms with Crippen LogP contribution in [-0.2, 0) is 0 Å². The standard InChI is InChI=1S/C26H26O3/c1-4-5-13-29-20-14-18-9-6-7-11-21(18)23(16-20)24-17-22-19(15-26(24)28-3)10-8-12-25(22)27-2/h6-12,14-17H,4-5,13H2,1-3H3. The van der Waals surface area contributed by atoms with E-state index in [-0.39, 0.29) is 0 Å². The lowest BCUT2D eigenvalue weighted by Gasteiger charge is -2.16. The SMILES string of the molecule is CCCCOc1cc(-c2cc3c(OC)cccc3cc2OC)c2ccccc2c1. The maximum atomic E-state index is 6.06. The van der Waals surface area contributed by atoms with Crippen LogP contribution in [0.4, 0.5) is 0 Å². The molecule has 29 heavy (non-hydrogen) atoms. The minimum absolute atomic E-state index is 0.719. The van der Waals surface area contributed by atoms with Crippen LogP contribution in [-0.4, -0.2) is 20.8 Å². The number of ether oxygens (including phenoxy) is 3. The maximum absolute atomic E-state index is 6.06. The lowest BCUT2D eigenvalue weighted by Crippen LogP contribution is -1.97. The van der Waals surface area contributed by atoms with E-state index in [0.29, 0.717) is 0 Å². The smallest absolute Gasteiger partial charge is 0.127 e. The van der Waals surface area contributed by atoms with E-state index >= 15 is 0 Å². The van der Waals surface area contributed by atoms with Gasteiger partial charge in [0.05, 0.1) is 20.8 Å². The van der Waals surface area contributed by atoms with Gasteiger partial charge >= 0.3 is 0 Å². The van der Waals surface area contributed by atoms with Gasteiger partial charge in [-0.3, -0.25) is 0 Å². The molecule has 0 N–H and O–H groups in total. The minimum atomic E-state index is 0.719. The summed E-state index contributed by atoms with van der Waals surface area (Å²) in [5, 5.41) is 4.47. The Balaban J connectivity index is 1.96. The van der Waals surface area contributed by atoms with Crippen molar-refractivity contribution in [1.82, 2.24) is 0 Å². The van der Waals surface area contributed by atoms with E-state index in [0.717, 1.165) is 64.0 Å². The third-order valence-electron chi connectivity index (χ3n) is 5.27. The molecule has 0 aromatic heterocycles. The lowest BCUT2D eigenvalue weighted by molar-refractivity contribution is 0.310. The van der Waals surface area contributed by atoms with E-state index in [2.05, 4.69) is 61.5 Å². The van der Waals surface area contributed by atoms with Crippen LogP contribution in [0.15, 0.2) is 66.7 Å². The Bertz CT molecular complexity index is 1150. The molecule has 0 aliphatic heterocycles. The van der Waals surface area contributed by atoms with Gasteiger partial charge < -0.3 is 14.2 Å². The summed E-state index contributed by atoms with van der Waals surface area (Å²) in [5.41, 5.74) is 2.13. The van der Waals surface area contributed by atoms with Gasteiger partial charge in [-0.15, -0.1) is 0 Å². The number of fused-ring (bicyclic) bond motifs is 2. The van der Waals surface area contributed by atoms with Gasteiger partial charge in [-0.2, -0.15) is 0 Å². The monoisotopic (exact) mass is 386 g/mol. The topological polar surface area (TPSA) is 27.7 Å². The molecule has 3 nitrogen and oxygen atoms in total. The zero-order valence-electron chi connectivity index (χ0n) is 17.2. The zero-order chi connectivity index (χ0) is 20.2. The molecular weight excluding hydrogens is 360 g/mol. The summed E-state index contributed by atoms with van der Waals surface area (Å²) in [5.74, 6) is 2.57. The molecule has 0 unspecified atom stereocenters. The molecule has 4 aromatic rings. The van der Waals surface area contributed by atoms with E-state index in [1.54, 1.807) is 14.2 Å². The molecule has 0 aliphatic carbocycles. The van der Waals surface area contributed by atoms with Crippen molar-refractivity contribution in [2.75, 3.05) is 20.8 Å². The number of benzene rings is 4. The quantitative estimate of drug-likeness (QED) is 0.325. The predicted molar refractivity (Wildman–Crippen MR) is 120 cm³/mol. The van der Waals surface area contributed by atoms with Crippen molar-refractivity contribution in [2.45, 2.75) is 19.8 Å². The summed E-state index contributed by atoms with van der Waals surface area (Å²) < 4.78 is 17.4. The van der Waals surface area contributed by atoms with E-state index < -0.39 is 0 Å². The van der Waals surface area contributed by atoms with Crippen molar-refractivity contribution in [3.05, 3.63) is 66.7 Å². The van der Waals surface area contributed by atoms with E-state index in [9.17, 15) is 0 Å². The fourth-order valence-corrected chi connectivity index (χ4v) is 3.76. The largest absolute Gasteiger partial charge is 0.496 e. The highest BCUT2D eigenvalue weighted by molar-refractivity contribution is 6.03. The summed E-state index contributed by atoms with van der Waals surface area (Å²) in [6, 6.07) is 22.9. The van der Waals surface area contributed by atoms with Crippen LogP contribution in [0.2, 0.25) is 0 Å². The highest BCUT2D eigenvalue weighted by Crippen LogP contribution is 2.41. The van der Waals surface area contributed by atoms with Gasteiger partial charge in [0.25, 0.3) is 0 Å². The molecule has 0 fully saturated rings. The number of hydrogen-bond acceptors (Lipinski definition) is 3. The van der Waals surface area contributed by atoms with Gasteiger partial charge in [0, 0.05) is 10.9 Å². The van der Waals surface area contributed by atoms with Gasteiger partial charge in [0.1, 0.15) is 17.2 Å². The molecule has 3 heteroatoms. The van der Waals surface area contributed by atoms with Gasteiger partial charge in [-0.05, 0) is 58.5 Å². The minimum Gasteiger partial charge on any atom is -0.496 e. The fraction of sp³-hybridized carbons (Fsp3) is 0.231. The van der Waals surface area contributed by atoms with Crippen molar-refractivity contribution >= 4 is 21.5 Å². The molecule has 0 bridgehead atoms. The molecule has 148 valence electrons. The molecule has 4 rings (SSSR count). The fourth-order valence-electron chi connectivity index (χ4n) is 3.76. The van der Waals surface area contributed by atoms with Crippen LogP contribution >= 0.6 is 0 Å². The lowest BCUT2D eigenvalue weighted by atomic mass is 9.94. The Morgan fingerprint density at radius 1 is 0.690 bits per heavy atom. The highest BCUT2D eigenvalue weighted by Gasteiger charge is 2.15. The second-order valence-electron chi connectivity index (χ2n) is 7.13. The van der Waals surface area contributed by atoms with Crippen LogP contribution in [0.1, 0.15) is 19.8 Å². The summed E-state index contributed by atoms with van der Waals surface area (Å²) in [6.07, 6.45) is 2.15. The molecule has 0 spiro atoms. The first kappa shape index (κ1) is 19.1. The predicted octanol–water partition coefficient (Wildman–Crippen LogP) is 6.86. The molecule has 0 heterocycles. The van der Waals surface area contributed by atoms with Crippen molar-refractivity contribution in [2.24, 2.45) is 0 Å². The molecule has 0 aliphatic rings. The Morgan fingerprint density at radius 2 is 1.45 bits per heavy atom. The molecule has 4 aromatic carbocycles. The average Bonchev–Trinajstić information content (AvgIpc) is 2.77. The first-order chi connectivity index (χ1) is 14.2. The number of rotatable bonds is 7. The van der Waals surface area contributed by atoms with Gasteiger partial charge in [0.15, 0.2) is 0 Å². The zero-order valence-corrected chi connectivity index (χ0v) is 17.2. The van der Waals surface area contributed by atoms with Crippen LogP contribution in [0.3, 0.4) is 0 Å². The molecule has 0 atom stereocenters. The van der Waals surface area contributed by atoms with E-state index in [1.807, 2.05) is 12.1 Å². The summed E-state index contributed by atoms with van der Waals surface area (Å²) in [6.45, 7) is 2.89. The molecular formula is C26H26O3. The Labute approximate surface area is 171 Å². The Hall–Kier alpha value is -3.20. The van der Waals surface area contributed by atoms with Crippen LogP contribution < -0.4 is 14.2 Å².